The molecule has 0 unspecified atom stereocenters. The van der Waals surface area contributed by atoms with E-state index in [1.54, 1.807) is 0 Å². The second-order valence-corrected chi connectivity index (χ2v) is 7.63. The molecule has 134 valence electrons. The molecule has 1 aliphatic rings. The summed E-state index contributed by atoms with van der Waals surface area (Å²) in [5, 5.41) is 2.37. The summed E-state index contributed by atoms with van der Waals surface area (Å²) in [7, 11) is -3.78. The number of amides is 1. The van der Waals surface area contributed by atoms with Gasteiger partial charge >= 0.3 is 5.97 Å². The lowest BCUT2D eigenvalue weighted by Gasteiger charge is -2.17. The van der Waals surface area contributed by atoms with Crippen LogP contribution in [0.25, 0.3) is 0 Å². The molecule has 1 fully saturated rings. The van der Waals surface area contributed by atoms with E-state index in [4.69, 9.17) is 22.8 Å². The lowest BCUT2D eigenvalue weighted by Crippen LogP contribution is -2.29. The van der Waals surface area contributed by atoms with Gasteiger partial charge in [-0.3, -0.25) is 4.79 Å². The maximum atomic E-state index is 12.6. The van der Waals surface area contributed by atoms with E-state index in [2.05, 4.69) is 11.2 Å². The maximum Gasteiger partial charge on any atom is 0.338 e. The van der Waals surface area contributed by atoms with Gasteiger partial charge < -0.3 is 10.1 Å². The highest BCUT2D eigenvalue weighted by Crippen LogP contribution is 2.28. The van der Waals surface area contributed by atoms with Crippen LogP contribution in [0.2, 0.25) is 5.02 Å². The van der Waals surface area contributed by atoms with E-state index < -0.39 is 28.5 Å². The number of ether oxygens (including phenoxy) is 1. The Morgan fingerprint density at radius 3 is 2.64 bits per heavy atom. The molecule has 7 nitrogen and oxygen atoms in total. The predicted molar refractivity (Wildman–Crippen MR) is 91.6 cm³/mol. The van der Waals surface area contributed by atoms with Crippen molar-refractivity contribution in [2.75, 3.05) is 26.2 Å². The SMILES string of the molecule is C#CCNC(=O)COC(=O)c1ccc(Cl)c(S(=O)(=O)N2CCCC2)c1. The molecular formula is C16H17ClN2O5S. The van der Waals surface area contributed by atoms with Gasteiger partial charge in [-0.1, -0.05) is 17.5 Å². The van der Waals surface area contributed by atoms with E-state index in [0.29, 0.717) is 13.1 Å². The molecule has 0 saturated carbocycles. The summed E-state index contributed by atoms with van der Waals surface area (Å²) >= 11 is 6.01. The van der Waals surface area contributed by atoms with Gasteiger partial charge in [-0.2, -0.15) is 4.31 Å². The molecule has 9 heteroatoms. The summed E-state index contributed by atoms with van der Waals surface area (Å²) in [6.07, 6.45) is 6.57. The van der Waals surface area contributed by atoms with Crippen LogP contribution in [0.1, 0.15) is 23.2 Å². The first-order valence-electron chi connectivity index (χ1n) is 7.53. The molecule has 2 rings (SSSR count). The highest BCUT2D eigenvalue weighted by Gasteiger charge is 2.30. The van der Waals surface area contributed by atoms with Crippen molar-refractivity contribution in [2.45, 2.75) is 17.7 Å². The number of halogens is 1. The van der Waals surface area contributed by atoms with Crippen LogP contribution in [0.4, 0.5) is 0 Å². The van der Waals surface area contributed by atoms with Crippen LogP contribution in [0.15, 0.2) is 23.1 Å². The smallest absolute Gasteiger partial charge is 0.338 e. The third kappa shape index (κ3) is 4.72. The first-order valence-corrected chi connectivity index (χ1v) is 9.35. The molecule has 1 N–H and O–H groups in total. The van der Waals surface area contributed by atoms with Gasteiger partial charge in [0.25, 0.3) is 5.91 Å². The van der Waals surface area contributed by atoms with Crippen molar-refractivity contribution in [3.63, 3.8) is 0 Å². The normalized spacial score (nSPS) is 14.7. The van der Waals surface area contributed by atoms with Crippen molar-refractivity contribution in [3.8, 4) is 12.3 Å². The average molecular weight is 385 g/mol. The van der Waals surface area contributed by atoms with Crippen LogP contribution in [0, 0.1) is 12.3 Å². The molecule has 1 aliphatic heterocycles. The van der Waals surface area contributed by atoms with Gasteiger partial charge in [0.2, 0.25) is 10.0 Å². The minimum absolute atomic E-state index is 0.00748. The van der Waals surface area contributed by atoms with Crippen molar-refractivity contribution in [1.29, 1.82) is 0 Å². The fraction of sp³-hybridized carbons (Fsp3) is 0.375. The zero-order valence-electron chi connectivity index (χ0n) is 13.3. The van der Waals surface area contributed by atoms with Crippen LogP contribution in [-0.2, 0) is 19.6 Å². The molecule has 0 aliphatic carbocycles. The van der Waals surface area contributed by atoms with Crippen molar-refractivity contribution in [1.82, 2.24) is 9.62 Å². The van der Waals surface area contributed by atoms with E-state index in [9.17, 15) is 18.0 Å². The third-order valence-corrected chi connectivity index (χ3v) is 5.95. The predicted octanol–water partition coefficient (Wildman–Crippen LogP) is 1.03. The van der Waals surface area contributed by atoms with Crippen LogP contribution < -0.4 is 5.32 Å². The largest absolute Gasteiger partial charge is 0.452 e. The molecule has 25 heavy (non-hydrogen) atoms. The van der Waals surface area contributed by atoms with Gasteiger partial charge in [-0.15, -0.1) is 6.42 Å². The molecule has 0 spiro atoms. The zero-order valence-corrected chi connectivity index (χ0v) is 14.9. The summed E-state index contributed by atoms with van der Waals surface area (Å²) in [5.41, 5.74) is -0.00748. The number of esters is 1. The standard InChI is InChI=1S/C16H17ClN2O5S/c1-2-7-18-15(20)11-24-16(21)12-5-6-13(17)14(10-12)25(22,23)19-8-3-4-9-19/h1,5-6,10H,3-4,7-9,11H2,(H,18,20). The lowest BCUT2D eigenvalue weighted by molar-refractivity contribution is -0.123. The van der Waals surface area contributed by atoms with E-state index >= 15 is 0 Å². The molecule has 0 aromatic heterocycles. The number of nitrogens with zero attached hydrogens (tertiary/aromatic N) is 1. The Balaban J connectivity index is 2.14. The first-order chi connectivity index (χ1) is 11.9. The van der Waals surface area contributed by atoms with Crippen LogP contribution in [0.5, 0.6) is 0 Å². The molecule has 1 saturated heterocycles. The summed E-state index contributed by atoms with van der Waals surface area (Å²) in [6, 6.07) is 3.82. The highest BCUT2D eigenvalue weighted by atomic mass is 35.5. The summed E-state index contributed by atoms with van der Waals surface area (Å²) in [5.74, 6) is 0.837. The number of hydrogen-bond acceptors (Lipinski definition) is 5. The van der Waals surface area contributed by atoms with Crippen molar-refractivity contribution >= 4 is 33.5 Å². The molecule has 0 atom stereocenters. The van der Waals surface area contributed by atoms with E-state index in [1.165, 1.54) is 16.4 Å². The highest BCUT2D eigenvalue weighted by molar-refractivity contribution is 7.89. The monoisotopic (exact) mass is 384 g/mol. The number of benzene rings is 1. The van der Waals surface area contributed by atoms with Gasteiger partial charge in [0.15, 0.2) is 6.61 Å². The fourth-order valence-corrected chi connectivity index (χ4v) is 4.33. The van der Waals surface area contributed by atoms with Crippen LogP contribution >= 0.6 is 11.6 Å². The maximum absolute atomic E-state index is 12.6. The summed E-state index contributed by atoms with van der Waals surface area (Å²) in [6.45, 7) is 0.346. The Bertz CT molecular complexity index is 810. The average Bonchev–Trinajstić information content (AvgIpc) is 3.13. The Kier molecular flexibility index (Phi) is 6.42. The molecule has 0 radical (unpaired) electrons. The van der Waals surface area contributed by atoms with Crippen molar-refractivity contribution < 1.29 is 22.7 Å². The second kappa shape index (κ2) is 8.34. The third-order valence-electron chi connectivity index (χ3n) is 3.57. The van der Waals surface area contributed by atoms with E-state index in [1.807, 2.05) is 0 Å². The second-order valence-electron chi connectivity index (χ2n) is 5.31. The fourth-order valence-electron chi connectivity index (χ4n) is 2.31. The number of hydrogen-bond donors (Lipinski definition) is 1. The molecular weight excluding hydrogens is 368 g/mol. The summed E-state index contributed by atoms with van der Waals surface area (Å²) < 4.78 is 31.4. The summed E-state index contributed by atoms with van der Waals surface area (Å²) in [4.78, 5) is 23.3. The number of terminal acetylenes is 1. The number of carbonyl (C=O) groups excluding carboxylic acids is 2. The number of carbonyl (C=O) groups is 2. The van der Waals surface area contributed by atoms with Crippen LogP contribution in [0.3, 0.4) is 0 Å². The van der Waals surface area contributed by atoms with Gasteiger partial charge in [-0.25, -0.2) is 13.2 Å². The Morgan fingerprint density at radius 1 is 1.32 bits per heavy atom. The van der Waals surface area contributed by atoms with E-state index in [0.717, 1.165) is 18.9 Å². The minimum atomic E-state index is -3.78. The van der Waals surface area contributed by atoms with Gasteiger partial charge in [0.05, 0.1) is 17.1 Å². The number of nitrogens with one attached hydrogen (secondary N) is 1. The Morgan fingerprint density at radius 2 is 2.00 bits per heavy atom. The number of rotatable bonds is 6. The molecule has 1 heterocycles. The molecule has 1 amide bonds. The zero-order chi connectivity index (χ0) is 18.4. The van der Waals surface area contributed by atoms with Gasteiger partial charge in [0.1, 0.15) is 4.90 Å². The Hall–Kier alpha value is -2.08. The van der Waals surface area contributed by atoms with Gasteiger partial charge in [0, 0.05) is 13.1 Å². The van der Waals surface area contributed by atoms with E-state index in [-0.39, 0.29) is 22.0 Å². The van der Waals surface area contributed by atoms with Crippen molar-refractivity contribution in [3.05, 3.63) is 28.8 Å². The molecule has 0 bridgehead atoms. The van der Waals surface area contributed by atoms with Crippen molar-refractivity contribution in [2.24, 2.45) is 0 Å². The molecule has 1 aromatic rings. The lowest BCUT2D eigenvalue weighted by atomic mass is 10.2. The molecule has 1 aromatic carbocycles. The topological polar surface area (TPSA) is 92.8 Å². The minimum Gasteiger partial charge on any atom is -0.452 e. The van der Waals surface area contributed by atoms with Gasteiger partial charge in [-0.05, 0) is 31.0 Å². The Labute approximate surface area is 151 Å². The number of sulfonamides is 1. The quantitative estimate of drug-likeness (QED) is 0.584. The van der Waals surface area contributed by atoms with Crippen LogP contribution in [-0.4, -0.2) is 50.8 Å². The first kappa shape index (κ1) is 19.2.